The number of aldehydes is 1. The predicted molar refractivity (Wildman–Crippen MR) is 49.2 cm³/mol. The molecule has 0 unspecified atom stereocenters. The number of carbonyl (C=O) groups is 1. The quantitative estimate of drug-likeness (QED) is 0.533. The normalized spacial score (nSPS) is 11.1. The zero-order chi connectivity index (χ0) is 9.40. The van der Waals surface area contributed by atoms with Gasteiger partial charge in [-0.1, -0.05) is 13.8 Å². The highest BCUT2D eigenvalue weighted by Crippen LogP contribution is 1.96. The van der Waals surface area contributed by atoms with E-state index in [2.05, 4.69) is 18.7 Å². The van der Waals surface area contributed by atoms with E-state index in [4.69, 9.17) is 4.74 Å². The fourth-order valence-electron chi connectivity index (χ4n) is 1.10. The largest absolute Gasteiger partial charge is 0.383 e. The predicted octanol–water partition coefficient (Wildman–Crippen LogP) is 0.790. The van der Waals surface area contributed by atoms with Gasteiger partial charge >= 0.3 is 0 Å². The Bertz CT molecular complexity index is 115. The minimum atomic E-state index is 0.515. The molecule has 0 bridgehead atoms. The second-order valence-corrected chi connectivity index (χ2v) is 3.31. The third kappa shape index (κ3) is 6.31. The van der Waals surface area contributed by atoms with Crippen LogP contribution < -0.4 is 0 Å². The molecule has 0 N–H and O–H groups in total. The summed E-state index contributed by atoms with van der Waals surface area (Å²) in [5.41, 5.74) is 0. The molecule has 0 aromatic rings. The summed E-state index contributed by atoms with van der Waals surface area (Å²) in [7, 11) is 1.68. The van der Waals surface area contributed by atoms with Crippen LogP contribution in [0.2, 0.25) is 0 Å². The summed E-state index contributed by atoms with van der Waals surface area (Å²) in [4.78, 5) is 12.4. The van der Waals surface area contributed by atoms with Crippen molar-refractivity contribution in [3.63, 3.8) is 0 Å². The molecule has 0 saturated heterocycles. The number of nitrogens with zero attached hydrogens (tertiary/aromatic N) is 1. The van der Waals surface area contributed by atoms with E-state index in [1.54, 1.807) is 7.11 Å². The van der Waals surface area contributed by atoms with Crippen LogP contribution in [-0.2, 0) is 9.53 Å². The lowest BCUT2D eigenvalue weighted by Gasteiger charge is -2.20. The Labute approximate surface area is 74.7 Å². The zero-order valence-electron chi connectivity index (χ0n) is 8.25. The fraction of sp³-hybridized carbons (Fsp3) is 0.889. The fourth-order valence-corrected chi connectivity index (χ4v) is 1.10. The van der Waals surface area contributed by atoms with Gasteiger partial charge in [0.2, 0.25) is 0 Å². The molecule has 3 heteroatoms. The van der Waals surface area contributed by atoms with Crippen molar-refractivity contribution in [3.8, 4) is 0 Å². The van der Waals surface area contributed by atoms with Crippen LogP contribution in [0.15, 0.2) is 0 Å². The molecule has 0 aromatic heterocycles. The topological polar surface area (TPSA) is 29.5 Å². The smallest absolute Gasteiger partial charge is 0.133 e. The standard InChI is InChI=1S/C9H19NO2/c1-9(2)8-10(4-6-11)5-7-12-3/h6,9H,4-5,7-8H2,1-3H3. The van der Waals surface area contributed by atoms with E-state index in [1.807, 2.05) is 0 Å². The van der Waals surface area contributed by atoms with Gasteiger partial charge in [0.25, 0.3) is 0 Å². The van der Waals surface area contributed by atoms with E-state index >= 15 is 0 Å². The number of ether oxygens (including phenoxy) is 1. The lowest BCUT2D eigenvalue weighted by Crippen LogP contribution is -2.32. The number of hydrogen-bond acceptors (Lipinski definition) is 3. The molecule has 0 spiro atoms. The van der Waals surface area contributed by atoms with Gasteiger partial charge in [-0.05, 0) is 5.92 Å². The third-order valence-corrected chi connectivity index (χ3v) is 1.57. The lowest BCUT2D eigenvalue weighted by molar-refractivity contribution is -0.109. The summed E-state index contributed by atoms with van der Waals surface area (Å²) in [6, 6.07) is 0. The first-order valence-corrected chi connectivity index (χ1v) is 4.35. The molecular formula is C9H19NO2. The Kier molecular flexibility index (Phi) is 7.00. The first kappa shape index (κ1) is 11.6. The first-order chi connectivity index (χ1) is 5.70. The van der Waals surface area contributed by atoms with Crippen LogP contribution >= 0.6 is 0 Å². The van der Waals surface area contributed by atoms with Crippen LogP contribution in [0, 0.1) is 5.92 Å². The lowest BCUT2D eigenvalue weighted by atomic mass is 10.2. The van der Waals surface area contributed by atoms with Gasteiger partial charge in [0.15, 0.2) is 0 Å². The van der Waals surface area contributed by atoms with E-state index in [0.29, 0.717) is 19.1 Å². The molecule has 0 aliphatic heterocycles. The van der Waals surface area contributed by atoms with Crippen molar-refractivity contribution in [1.29, 1.82) is 0 Å². The van der Waals surface area contributed by atoms with Gasteiger partial charge in [0, 0.05) is 20.2 Å². The second-order valence-electron chi connectivity index (χ2n) is 3.31. The molecular weight excluding hydrogens is 154 g/mol. The maximum atomic E-state index is 10.3. The summed E-state index contributed by atoms with van der Waals surface area (Å²) < 4.78 is 4.94. The number of hydrogen-bond donors (Lipinski definition) is 0. The molecule has 0 fully saturated rings. The Morgan fingerprint density at radius 2 is 2.17 bits per heavy atom. The molecule has 0 rings (SSSR count). The first-order valence-electron chi connectivity index (χ1n) is 4.35. The van der Waals surface area contributed by atoms with Crippen LogP contribution in [0.25, 0.3) is 0 Å². The molecule has 0 aliphatic rings. The molecule has 0 radical (unpaired) electrons. The van der Waals surface area contributed by atoms with Crippen LogP contribution in [0.5, 0.6) is 0 Å². The van der Waals surface area contributed by atoms with Crippen molar-refractivity contribution >= 4 is 6.29 Å². The van der Waals surface area contributed by atoms with Gasteiger partial charge in [-0.2, -0.15) is 0 Å². The SMILES string of the molecule is COCCN(CC=O)CC(C)C. The summed E-state index contributed by atoms with van der Waals surface area (Å²) in [5, 5.41) is 0. The Morgan fingerprint density at radius 1 is 1.50 bits per heavy atom. The van der Waals surface area contributed by atoms with Crippen molar-refractivity contribution in [2.45, 2.75) is 13.8 Å². The summed E-state index contributed by atoms with van der Waals surface area (Å²) in [5.74, 6) is 0.599. The third-order valence-electron chi connectivity index (χ3n) is 1.57. The van der Waals surface area contributed by atoms with E-state index in [-0.39, 0.29) is 0 Å². The van der Waals surface area contributed by atoms with E-state index < -0.39 is 0 Å². The molecule has 0 atom stereocenters. The maximum absolute atomic E-state index is 10.3. The average Bonchev–Trinajstić information content (AvgIpc) is 2.00. The van der Waals surface area contributed by atoms with Crippen LogP contribution in [0.3, 0.4) is 0 Å². The number of methoxy groups -OCH3 is 1. The molecule has 12 heavy (non-hydrogen) atoms. The van der Waals surface area contributed by atoms with Crippen molar-refractivity contribution < 1.29 is 9.53 Å². The molecule has 0 amide bonds. The van der Waals surface area contributed by atoms with Crippen LogP contribution in [0.4, 0.5) is 0 Å². The Morgan fingerprint density at radius 3 is 2.58 bits per heavy atom. The molecule has 0 heterocycles. The van der Waals surface area contributed by atoms with Crippen molar-refractivity contribution in [3.05, 3.63) is 0 Å². The highest BCUT2D eigenvalue weighted by molar-refractivity contribution is 5.51. The van der Waals surface area contributed by atoms with Gasteiger partial charge in [0.1, 0.15) is 6.29 Å². The summed E-state index contributed by atoms with van der Waals surface area (Å²) in [6.45, 7) is 7.30. The van der Waals surface area contributed by atoms with E-state index in [0.717, 1.165) is 19.4 Å². The average molecular weight is 173 g/mol. The minimum absolute atomic E-state index is 0.515. The monoisotopic (exact) mass is 173 g/mol. The van der Waals surface area contributed by atoms with Crippen molar-refractivity contribution in [2.75, 3.05) is 33.4 Å². The Balaban J connectivity index is 3.61. The molecule has 72 valence electrons. The van der Waals surface area contributed by atoms with Gasteiger partial charge in [-0.15, -0.1) is 0 Å². The molecule has 0 saturated carbocycles. The Hall–Kier alpha value is -0.410. The summed E-state index contributed by atoms with van der Waals surface area (Å²) >= 11 is 0. The minimum Gasteiger partial charge on any atom is -0.383 e. The van der Waals surface area contributed by atoms with Crippen molar-refractivity contribution in [2.24, 2.45) is 5.92 Å². The maximum Gasteiger partial charge on any atom is 0.133 e. The van der Waals surface area contributed by atoms with E-state index in [9.17, 15) is 4.79 Å². The van der Waals surface area contributed by atoms with Crippen LogP contribution in [-0.4, -0.2) is 44.5 Å². The zero-order valence-corrected chi connectivity index (χ0v) is 8.25. The molecule has 0 aliphatic carbocycles. The highest BCUT2D eigenvalue weighted by Gasteiger charge is 2.05. The van der Waals surface area contributed by atoms with Gasteiger partial charge in [-0.3, -0.25) is 4.90 Å². The van der Waals surface area contributed by atoms with Crippen LogP contribution in [0.1, 0.15) is 13.8 Å². The summed E-state index contributed by atoms with van der Waals surface area (Å²) in [6.07, 6.45) is 0.942. The molecule has 0 aromatic carbocycles. The second kappa shape index (κ2) is 7.25. The van der Waals surface area contributed by atoms with E-state index in [1.165, 1.54) is 0 Å². The molecule has 3 nitrogen and oxygen atoms in total. The van der Waals surface area contributed by atoms with Gasteiger partial charge in [0.05, 0.1) is 13.2 Å². The van der Waals surface area contributed by atoms with Gasteiger partial charge < -0.3 is 9.53 Å². The number of carbonyl (C=O) groups excluding carboxylic acids is 1. The highest BCUT2D eigenvalue weighted by atomic mass is 16.5. The van der Waals surface area contributed by atoms with Crippen molar-refractivity contribution in [1.82, 2.24) is 4.90 Å². The van der Waals surface area contributed by atoms with Gasteiger partial charge in [-0.25, -0.2) is 0 Å². The number of rotatable bonds is 7.